The fourth-order valence-corrected chi connectivity index (χ4v) is 5.07. The highest BCUT2D eigenvalue weighted by Crippen LogP contribution is 2.39. The fourth-order valence-electron chi connectivity index (χ4n) is 4.43. The van der Waals surface area contributed by atoms with Gasteiger partial charge in [-0.3, -0.25) is 0 Å². The Hall–Kier alpha value is -2.95. The predicted octanol–water partition coefficient (Wildman–Crippen LogP) is 3.81. The number of benzene rings is 1. The Labute approximate surface area is 189 Å². The molecule has 0 unspecified atom stereocenters. The first-order valence-corrected chi connectivity index (χ1v) is 12.3. The summed E-state index contributed by atoms with van der Waals surface area (Å²) in [6.45, 7) is 4.68. The van der Waals surface area contributed by atoms with Crippen molar-refractivity contribution in [3.05, 3.63) is 47.4 Å². The highest BCUT2D eigenvalue weighted by atomic mass is 32.2. The lowest BCUT2D eigenvalue weighted by molar-refractivity contribution is -0.141. The van der Waals surface area contributed by atoms with Crippen LogP contribution < -0.4 is 4.90 Å². The van der Waals surface area contributed by atoms with Crippen LogP contribution in [0, 0.1) is 5.92 Å². The van der Waals surface area contributed by atoms with Crippen molar-refractivity contribution in [1.29, 1.82) is 0 Å². The summed E-state index contributed by atoms with van der Waals surface area (Å²) < 4.78 is 66.9. The van der Waals surface area contributed by atoms with Gasteiger partial charge in [-0.2, -0.15) is 13.2 Å². The van der Waals surface area contributed by atoms with Gasteiger partial charge in [-0.25, -0.2) is 18.4 Å². The van der Waals surface area contributed by atoms with Crippen LogP contribution in [-0.4, -0.2) is 42.0 Å². The number of rotatable bonds is 5. The first kappa shape index (κ1) is 23.2. The maximum Gasteiger partial charge on any atom is 0.433 e. The van der Waals surface area contributed by atoms with Crippen LogP contribution in [0.15, 0.2) is 35.4 Å². The van der Waals surface area contributed by atoms with Crippen LogP contribution in [0.25, 0.3) is 10.9 Å². The van der Waals surface area contributed by atoms with Crippen LogP contribution in [0.3, 0.4) is 0 Å². The molecule has 0 radical (unpaired) electrons. The van der Waals surface area contributed by atoms with Crippen LogP contribution >= 0.6 is 0 Å². The molecule has 176 valence electrons. The van der Waals surface area contributed by atoms with Crippen molar-refractivity contribution in [2.24, 2.45) is 5.92 Å². The quantitative estimate of drug-likeness (QED) is 0.517. The van der Waals surface area contributed by atoms with Gasteiger partial charge in [0.05, 0.1) is 10.9 Å². The number of hydrogen-bond acceptors (Lipinski definition) is 6. The molecular weight excluding hydrogens is 457 g/mol. The molecule has 33 heavy (non-hydrogen) atoms. The maximum atomic E-state index is 13.6. The van der Waals surface area contributed by atoms with E-state index >= 15 is 0 Å². The Morgan fingerprint density at radius 1 is 1.21 bits per heavy atom. The minimum Gasteiger partial charge on any atom is -0.341 e. The summed E-state index contributed by atoms with van der Waals surface area (Å²) >= 11 is 0. The van der Waals surface area contributed by atoms with E-state index in [-0.39, 0.29) is 28.4 Å². The van der Waals surface area contributed by atoms with Crippen LogP contribution in [0.1, 0.15) is 36.8 Å². The van der Waals surface area contributed by atoms with Gasteiger partial charge in [0.25, 0.3) is 0 Å². The van der Waals surface area contributed by atoms with Crippen molar-refractivity contribution < 1.29 is 26.4 Å². The van der Waals surface area contributed by atoms with Crippen LogP contribution in [-0.2, 0) is 33.8 Å². The Bertz CT molecular complexity index is 1330. The third-order valence-corrected chi connectivity index (χ3v) is 6.96. The molecule has 7 nitrogen and oxygen atoms in total. The zero-order valence-electron chi connectivity index (χ0n) is 18.3. The van der Waals surface area contributed by atoms with E-state index < -0.39 is 28.1 Å². The number of aromatic nitrogens is 3. The second-order valence-electron chi connectivity index (χ2n) is 8.51. The molecule has 1 aliphatic rings. The van der Waals surface area contributed by atoms with E-state index in [2.05, 4.69) is 9.97 Å². The molecule has 0 saturated heterocycles. The van der Waals surface area contributed by atoms with Gasteiger partial charge in [-0.1, -0.05) is 19.9 Å². The lowest BCUT2D eigenvalue weighted by atomic mass is 9.97. The van der Waals surface area contributed by atoms with E-state index in [4.69, 9.17) is 0 Å². The molecule has 3 heterocycles. The number of carbonyl (C=O) groups is 1. The lowest BCUT2D eigenvalue weighted by Crippen LogP contribution is -2.41. The highest BCUT2D eigenvalue weighted by molar-refractivity contribution is 7.90. The number of nitrogens with zero attached hydrogens (tertiary/aromatic N) is 4. The van der Waals surface area contributed by atoms with Crippen molar-refractivity contribution in [2.75, 3.05) is 17.7 Å². The van der Waals surface area contributed by atoms with Crippen molar-refractivity contribution in [3.63, 3.8) is 0 Å². The molecule has 0 bridgehead atoms. The molecule has 0 fully saturated rings. The largest absolute Gasteiger partial charge is 0.433 e. The third kappa shape index (κ3) is 4.21. The molecule has 0 amide bonds. The molecule has 1 atom stereocenters. The summed E-state index contributed by atoms with van der Waals surface area (Å²) in [7, 11) is -3.39. The van der Waals surface area contributed by atoms with Gasteiger partial charge in [0.1, 0.15) is 6.29 Å². The monoisotopic (exact) mass is 480 g/mol. The zero-order chi connectivity index (χ0) is 24.1. The van der Waals surface area contributed by atoms with E-state index in [0.717, 1.165) is 29.0 Å². The number of anilines is 1. The van der Waals surface area contributed by atoms with Gasteiger partial charge in [-0.15, -0.1) is 0 Å². The molecule has 0 spiro atoms. The number of carbonyl (C=O) groups excluding carboxylic acids is 1. The minimum absolute atomic E-state index is 0.00433. The Morgan fingerprint density at radius 2 is 1.94 bits per heavy atom. The summed E-state index contributed by atoms with van der Waals surface area (Å²) in [5.41, 5.74) is 0.246. The first-order chi connectivity index (χ1) is 15.4. The number of fused-ring (bicyclic) bond motifs is 3. The second kappa shape index (κ2) is 8.12. The molecule has 3 aromatic rings. The first-order valence-electron chi connectivity index (χ1n) is 10.4. The summed E-state index contributed by atoms with van der Waals surface area (Å²) in [5.74, 6) is -0.0562. The van der Waals surface area contributed by atoms with Gasteiger partial charge in [0.15, 0.2) is 15.5 Å². The molecule has 1 aliphatic heterocycles. The van der Waals surface area contributed by atoms with Gasteiger partial charge in [0.2, 0.25) is 5.95 Å². The number of sulfone groups is 1. The smallest absolute Gasteiger partial charge is 0.341 e. The Morgan fingerprint density at radius 3 is 2.55 bits per heavy atom. The molecule has 0 saturated carbocycles. The van der Waals surface area contributed by atoms with Gasteiger partial charge in [-0.05, 0) is 24.1 Å². The lowest BCUT2D eigenvalue weighted by Gasteiger charge is -2.39. The summed E-state index contributed by atoms with van der Waals surface area (Å²) in [6.07, 6.45) is -2.51. The average Bonchev–Trinajstić information content (AvgIpc) is 3.09. The number of halogens is 3. The molecular formula is C22H23F3N4O3S. The number of aldehydes is 1. The number of alkyl halides is 3. The maximum absolute atomic E-state index is 13.6. The Kier molecular flexibility index (Phi) is 5.71. The number of hydrogen-bond donors (Lipinski definition) is 0. The van der Waals surface area contributed by atoms with E-state index in [0.29, 0.717) is 19.4 Å². The topological polar surface area (TPSA) is 85.2 Å². The van der Waals surface area contributed by atoms with Crippen molar-refractivity contribution in [1.82, 2.24) is 14.5 Å². The van der Waals surface area contributed by atoms with Crippen LogP contribution in [0.2, 0.25) is 0 Å². The van der Waals surface area contributed by atoms with E-state index in [9.17, 15) is 26.4 Å². The Balaban J connectivity index is 1.83. The molecule has 0 N–H and O–H groups in total. The van der Waals surface area contributed by atoms with Crippen molar-refractivity contribution in [3.8, 4) is 0 Å². The highest BCUT2D eigenvalue weighted by Gasteiger charge is 2.38. The third-order valence-electron chi connectivity index (χ3n) is 5.85. The zero-order valence-corrected chi connectivity index (χ0v) is 19.1. The van der Waals surface area contributed by atoms with Gasteiger partial charge < -0.3 is 14.3 Å². The van der Waals surface area contributed by atoms with Gasteiger partial charge >= 0.3 is 6.18 Å². The standard InChI is InChI=1S/C22H23F3N4O3S/c1-13(2)19-18-10-14-4-5-16(33(3,31)32)11-17(14)28(18)7-8-29(19)21-26-12-15(6-9-30)20(27-21)22(23,24)25/h4-5,9-13,19H,6-8H2,1-3H3/t19-/m0/s1. The van der Waals surface area contributed by atoms with Crippen molar-refractivity contribution >= 4 is 33.0 Å². The molecule has 0 aliphatic carbocycles. The fraction of sp³-hybridized carbons (Fsp3) is 0.409. The van der Waals surface area contributed by atoms with E-state index in [1.807, 2.05) is 24.5 Å². The molecule has 11 heteroatoms. The molecule has 2 aromatic heterocycles. The molecule has 4 rings (SSSR count). The van der Waals surface area contributed by atoms with Gasteiger partial charge in [0, 0.05) is 54.1 Å². The SMILES string of the molecule is CC(C)[C@H]1c2cc3ccc(S(C)(=O)=O)cc3n2CCN1c1ncc(CC=O)c(C(F)(F)F)n1. The van der Waals surface area contributed by atoms with E-state index in [1.54, 1.807) is 23.1 Å². The summed E-state index contributed by atoms with van der Waals surface area (Å²) in [6, 6.07) is 6.53. The predicted molar refractivity (Wildman–Crippen MR) is 117 cm³/mol. The van der Waals surface area contributed by atoms with E-state index in [1.165, 1.54) is 0 Å². The molecule has 1 aromatic carbocycles. The minimum atomic E-state index is -4.71. The normalized spacial score (nSPS) is 16.9. The summed E-state index contributed by atoms with van der Waals surface area (Å²) in [5, 5.41) is 0.850. The second-order valence-corrected chi connectivity index (χ2v) is 10.5. The summed E-state index contributed by atoms with van der Waals surface area (Å²) in [4.78, 5) is 20.8. The average molecular weight is 481 g/mol. The van der Waals surface area contributed by atoms with Crippen LogP contribution in [0.4, 0.5) is 19.1 Å². The van der Waals surface area contributed by atoms with Crippen LogP contribution in [0.5, 0.6) is 0 Å². The van der Waals surface area contributed by atoms with Crippen molar-refractivity contribution in [2.45, 2.75) is 43.9 Å².